The number of methoxy groups -OCH3 is 1. The van der Waals surface area contributed by atoms with Gasteiger partial charge < -0.3 is 15.0 Å². The molecule has 1 aliphatic rings. The Kier molecular flexibility index (Phi) is 6.11. The molecule has 27 heavy (non-hydrogen) atoms. The Bertz CT molecular complexity index is 802. The molecule has 1 aromatic carbocycles. The van der Waals surface area contributed by atoms with Crippen molar-refractivity contribution in [1.29, 1.82) is 0 Å². The molecule has 3 rings (SSSR count). The molecule has 0 radical (unpaired) electrons. The van der Waals surface area contributed by atoms with E-state index in [4.69, 9.17) is 4.74 Å². The van der Waals surface area contributed by atoms with Gasteiger partial charge in [-0.05, 0) is 37.1 Å². The van der Waals surface area contributed by atoms with Crippen LogP contribution in [0.4, 0.5) is 0 Å². The van der Waals surface area contributed by atoms with Gasteiger partial charge in [0.25, 0.3) is 0 Å². The number of aryl methyl sites for hydroxylation is 1. The van der Waals surface area contributed by atoms with Crippen molar-refractivity contribution in [3.8, 4) is 5.75 Å². The van der Waals surface area contributed by atoms with Gasteiger partial charge in [-0.2, -0.15) is 5.10 Å². The summed E-state index contributed by atoms with van der Waals surface area (Å²) in [5.41, 5.74) is 1.96. The van der Waals surface area contributed by atoms with Crippen molar-refractivity contribution in [2.45, 2.75) is 32.9 Å². The normalized spacial score (nSPS) is 17.0. The number of amides is 2. The van der Waals surface area contributed by atoms with E-state index in [0.717, 1.165) is 17.0 Å². The van der Waals surface area contributed by atoms with Crippen molar-refractivity contribution in [1.82, 2.24) is 20.0 Å². The summed E-state index contributed by atoms with van der Waals surface area (Å²) in [6, 6.07) is 9.60. The molecule has 0 saturated carbocycles. The molecular weight excluding hydrogens is 344 g/mol. The molecule has 2 amide bonds. The third-order valence-corrected chi connectivity index (χ3v) is 4.79. The zero-order chi connectivity index (χ0) is 19.2. The van der Waals surface area contributed by atoms with E-state index in [9.17, 15) is 9.59 Å². The summed E-state index contributed by atoms with van der Waals surface area (Å²) < 4.78 is 7.05. The van der Waals surface area contributed by atoms with Crippen LogP contribution < -0.4 is 10.1 Å². The highest BCUT2D eigenvalue weighted by atomic mass is 16.5. The molecule has 2 aromatic rings. The highest BCUT2D eigenvalue weighted by molar-refractivity contribution is 5.83. The highest BCUT2D eigenvalue weighted by Crippen LogP contribution is 2.21. The Morgan fingerprint density at radius 2 is 2.22 bits per heavy atom. The molecule has 0 bridgehead atoms. The lowest BCUT2D eigenvalue weighted by Gasteiger charge is -2.32. The summed E-state index contributed by atoms with van der Waals surface area (Å²) in [5, 5.41) is 7.28. The van der Waals surface area contributed by atoms with Gasteiger partial charge in [0.1, 0.15) is 5.75 Å². The number of aromatic nitrogens is 2. The van der Waals surface area contributed by atoms with Crippen LogP contribution in [-0.2, 0) is 22.7 Å². The highest BCUT2D eigenvalue weighted by Gasteiger charge is 2.30. The van der Waals surface area contributed by atoms with Gasteiger partial charge in [-0.3, -0.25) is 14.3 Å². The van der Waals surface area contributed by atoms with Crippen LogP contribution >= 0.6 is 0 Å². The van der Waals surface area contributed by atoms with E-state index in [1.165, 1.54) is 0 Å². The number of rotatable bonds is 7. The van der Waals surface area contributed by atoms with Gasteiger partial charge in [0.05, 0.1) is 25.3 Å². The van der Waals surface area contributed by atoms with Gasteiger partial charge in [-0.15, -0.1) is 0 Å². The molecule has 144 valence electrons. The number of hydrogen-bond donors (Lipinski definition) is 1. The SMILES string of the molecule is COc1cccc(CN2C[C@@H](C(=O)NCCn3ccc(C)n3)CCC2=O)c1. The molecule has 2 heterocycles. The molecule has 1 aromatic heterocycles. The Morgan fingerprint density at radius 1 is 1.37 bits per heavy atom. The number of nitrogens with zero attached hydrogens (tertiary/aromatic N) is 3. The Morgan fingerprint density at radius 3 is 2.96 bits per heavy atom. The van der Waals surface area contributed by atoms with E-state index in [1.54, 1.807) is 12.0 Å². The predicted molar refractivity (Wildman–Crippen MR) is 101 cm³/mol. The summed E-state index contributed by atoms with van der Waals surface area (Å²) in [7, 11) is 1.62. The van der Waals surface area contributed by atoms with Crippen LogP contribution in [-0.4, -0.2) is 46.7 Å². The smallest absolute Gasteiger partial charge is 0.224 e. The number of piperidine rings is 1. The number of nitrogens with one attached hydrogen (secondary N) is 1. The first-order valence-electron chi connectivity index (χ1n) is 9.23. The number of likely N-dealkylation sites (tertiary alicyclic amines) is 1. The first kappa shape index (κ1) is 18.9. The van der Waals surface area contributed by atoms with E-state index in [0.29, 0.717) is 39.0 Å². The fourth-order valence-corrected chi connectivity index (χ4v) is 3.30. The molecule has 1 fully saturated rings. The quantitative estimate of drug-likeness (QED) is 0.806. The van der Waals surface area contributed by atoms with Crippen LogP contribution in [0.25, 0.3) is 0 Å². The molecule has 7 heteroatoms. The average molecular weight is 370 g/mol. The van der Waals surface area contributed by atoms with Crippen LogP contribution in [0, 0.1) is 12.8 Å². The molecule has 1 N–H and O–H groups in total. The van der Waals surface area contributed by atoms with Crippen LogP contribution in [0.3, 0.4) is 0 Å². The van der Waals surface area contributed by atoms with Crippen LogP contribution in [0.5, 0.6) is 5.75 Å². The molecule has 0 aliphatic carbocycles. The maximum Gasteiger partial charge on any atom is 0.224 e. The molecule has 1 atom stereocenters. The van der Waals surface area contributed by atoms with Crippen LogP contribution in [0.15, 0.2) is 36.5 Å². The summed E-state index contributed by atoms with van der Waals surface area (Å²) in [4.78, 5) is 26.5. The maximum absolute atomic E-state index is 12.5. The number of carbonyl (C=O) groups excluding carboxylic acids is 2. The third kappa shape index (κ3) is 5.09. The maximum atomic E-state index is 12.5. The fourth-order valence-electron chi connectivity index (χ4n) is 3.30. The van der Waals surface area contributed by atoms with Crippen molar-refractivity contribution in [2.24, 2.45) is 5.92 Å². The first-order chi connectivity index (χ1) is 13.0. The van der Waals surface area contributed by atoms with Gasteiger partial charge in [0, 0.05) is 32.3 Å². The minimum absolute atomic E-state index is 0.00187. The van der Waals surface area contributed by atoms with Crippen molar-refractivity contribution in [3.05, 3.63) is 47.8 Å². The monoisotopic (exact) mass is 370 g/mol. The lowest BCUT2D eigenvalue weighted by Crippen LogP contribution is -2.45. The minimum Gasteiger partial charge on any atom is -0.497 e. The first-order valence-corrected chi connectivity index (χ1v) is 9.23. The number of carbonyl (C=O) groups is 2. The zero-order valence-corrected chi connectivity index (χ0v) is 15.9. The van der Waals surface area contributed by atoms with E-state index in [2.05, 4.69) is 10.4 Å². The molecule has 1 aliphatic heterocycles. The van der Waals surface area contributed by atoms with E-state index in [1.807, 2.05) is 48.1 Å². The second-order valence-electron chi connectivity index (χ2n) is 6.87. The molecule has 7 nitrogen and oxygen atoms in total. The fraction of sp³-hybridized carbons (Fsp3) is 0.450. The summed E-state index contributed by atoms with van der Waals surface area (Å²) in [6.45, 7) is 4.04. The van der Waals surface area contributed by atoms with Crippen LogP contribution in [0.1, 0.15) is 24.1 Å². The molecule has 0 spiro atoms. The standard InChI is InChI=1S/C20H26N4O3/c1-15-8-10-24(22-15)11-9-21-20(26)17-6-7-19(25)23(14-17)13-16-4-3-5-18(12-16)27-2/h3-5,8,10,12,17H,6-7,9,11,13-14H2,1-2H3,(H,21,26)/t17-/m0/s1. The van der Waals surface area contributed by atoms with Crippen molar-refractivity contribution in [3.63, 3.8) is 0 Å². The van der Waals surface area contributed by atoms with Crippen LogP contribution in [0.2, 0.25) is 0 Å². The second-order valence-corrected chi connectivity index (χ2v) is 6.87. The second kappa shape index (κ2) is 8.70. The van der Waals surface area contributed by atoms with E-state index in [-0.39, 0.29) is 17.7 Å². The molecule has 1 saturated heterocycles. The Labute approximate surface area is 159 Å². The number of benzene rings is 1. The third-order valence-electron chi connectivity index (χ3n) is 4.79. The van der Waals surface area contributed by atoms with Gasteiger partial charge in [0.2, 0.25) is 11.8 Å². The van der Waals surface area contributed by atoms with Gasteiger partial charge in [-0.25, -0.2) is 0 Å². The van der Waals surface area contributed by atoms with Gasteiger partial charge >= 0.3 is 0 Å². The van der Waals surface area contributed by atoms with Crippen molar-refractivity contribution >= 4 is 11.8 Å². The van der Waals surface area contributed by atoms with Crippen molar-refractivity contribution < 1.29 is 14.3 Å². The summed E-state index contributed by atoms with van der Waals surface area (Å²) in [5.74, 6) is 0.684. The number of ether oxygens (including phenoxy) is 1. The average Bonchev–Trinajstić information content (AvgIpc) is 3.08. The van der Waals surface area contributed by atoms with Gasteiger partial charge in [-0.1, -0.05) is 12.1 Å². The Hall–Kier alpha value is -2.83. The lowest BCUT2D eigenvalue weighted by molar-refractivity contribution is -0.138. The minimum atomic E-state index is -0.173. The molecular formula is C20H26N4O3. The Balaban J connectivity index is 1.52. The summed E-state index contributed by atoms with van der Waals surface area (Å²) >= 11 is 0. The van der Waals surface area contributed by atoms with Crippen molar-refractivity contribution in [2.75, 3.05) is 20.2 Å². The van der Waals surface area contributed by atoms with E-state index < -0.39 is 0 Å². The lowest BCUT2D eigenvalue weighted by atomic mass is 9.96. The summed E-state index contributed by atoms with van der Waals surface area (Å²) in [6.07, 6.45) is 2.90. The largest absolute Gasteiger partial charge is 0.497 e. The predicted octanol–water partition coefficient (Wildman–Crippen LogP) is 1.76. The zero-order valence-electron chi connectivity index (χ0n) is 15.9. The molecule has 0 unspecified atom stereocenters. The van der Waals surface area contributed by atoms with Gasteiger partial charge in [0.15, 0.2) is 0 Å². The van der Waals surface area contributed by atoms with E-state index >= 15 is 0 Å². The topological polar surface area (TPSA) is 76.5 Å². The number of hydrogen-bond acceptors (Lipinski definition) is 4.